The molecular weight excluding hydrogens is 367 g/mol. The highest BCUT2D eigenvalue weighted by Gasteiger charge is 2.21. The first-order valence-corrected chi connectivity index (χ1v) is 8.86. The summed E-state index contributed by atoms with van der Waals surface area (Å²) in [6.07, 6.45) is 1.36. The fraction of sp³-hybridized carbons (Fsp3) is 0.389. The lowest BCUT2D eigenvalue weighted by Crippen LogP contribution is -2.48. The van der Waals surface area contributed by atoms with E-state index in [-0.39, 0.29) is 11.8 Å². The van der Waals surface area contributed by atoms with Crippen LogP contribution in [0.5, 0.6) is 0 Å². The summed E-state index contributed by atoms with van der Waals surface area (Å²) in [4.78, 5) is 27.4. The van der Waals surface area contributed by atoms with Crippen molar-refractivity contribution in [2.75, 3.05) is 43.9 Å². The number of nitrogens with zero attached hydrogens (tertiary/aromatic N) is 4. The van der Waals surface area contributed by atoms with Crippen molar-refractivity contribution in [2.24, 2.45) is 7.05 Å². The summed E-state index contributed by atoms with van der Waals surface area (Å²) in [5, 5.41) is 9.11. The quantitative estimate of drug-likeness (QED) is 0.834. The number of carbonyl (C=O) groups excluding carboxylic acids is 2. The largest absolute Gasteiger partial charge is 0.453 e. The van der Waals surface area contributed by atoms with Gasteiger partial charge in [-0.25, -0.2) is 14.0 Å². The Bertz CT molecular complexity index is 848. The Morgan fingerprint density at radius 1 is 1.18 bits per heavy atom. The van der Waals surface area contributed by atoms with Crippen LogP contribution in [0, 0.1) is 5.82 Å². The predicted molar refractivity (Wildman–Crippen MR) is 102 cm³/mol. The van der Waals surface area contributed by atoms with Gasteiger partial charge in [0.2, 0.25) is 0 Å². The molecule has 0 aliphatic carbocycles. The third-order valence-electron chi connectivity index (χ3n) is 4.45. The number of methoxy groups -OCH3 is 1. The highest BCUT2D eigenvalue weighted by Crippen LogP contribution is 2.19. The van der Waals surface area contributed by atoms with Crippen LogP contribution in [0.1, 0.15) is 5.56 Å². The highest BCUT2D eigenvalue weighted by atomic mass is 19.1. The lowest BCUT2D eigenvalue weighted by molar-refractivity contribution is 0.0889. The van der Waals surface area contributed by atoms with Crippen molar-refractivity contribution in [1.82, 2.24) is 19.6 Å². The van der Waals surface area contributed by atoms with Crippen molar-refractivity contribution >= 4 is 23.6 Å². The van der Waals surface area contributed by atoms with E-state index in [1.165, 1.54) is 13.2 Å². The van der Waals surface area contributed by atoms with Crippen molar-refractivity contribution in [3.8, 4) is 0 Å². The van der Waals surface area contributed by atoms with E-state index in [1.807, 2.05) is 0 Å². The summed E-state index contributed by atoms with van der Waals surface area (Å²) >= 11 is 0. The standard InChI is InChI=1S/C18H23FN6O3/c1-23-6-5-16(22-23)21-17(26)20-15-11-13(3-4-14(15)19)12-24-7-9-25(10-8-24)18(27)28-2/h3-6,11H,7-10,12H2,1-2H3,(H2,20,21,22,26). The second-order valence-electron chi connectivity index (χ2n) is 6.50. The van der Waals surface area contributed by atoms with E-state index in [0.29, 0.717) is 38.5 Å². The maximum Gasteiger partial charge on any atom is 0.409 e. The number of ether oxygens (including phenoxy) is 1. The van der Waals surface area contributed by atoms with Crippen molar-refractivity contribution in [3.05, 3.63) is 41.8 Å². The van der Waals surface area contributed by atoms with Crippen LogP contribution in [-0.2, 0) is 18.3 Å². The number of rotatable bonds is 4. The minimum absolute atomic E-state index is 0.0964. The van der Waals surface area contributed by atoms with Gasteiger partial charge in [-0.05, 0) is 17.7 Å². The molecule has 150 valence electrons. The summed E-state index contributed by atoms with van der Waals surface area (Å²) in [6.45, 7) is 3.12. The van der Waals surface area contributed by atoms with Crippen LogP contribution in [0.3, 0.4) is 0 Å². The van der Waals surface area contributed by atoms with Gasteiger partial charge in [0, 0.05) is 52.0 Å². The fourth-order valence-electron chi connectivity index (χ4n) is 2.99. The SMILES string of the molecule is COC(=O)N1CCN(Cc2ccc(F)c(NC(=O)Nc3ccn(C)n3)c2)CC1. The number of aromatic nitrogens is 2. The van der Waals surface area contributed by atoms with E-state index >= 15 is 0 Å². The number of benzene rings is 1. The molecule has 1 aromatic carbocycles. The van der Waals surface area contributed by atoms with Gasteiger partial charge in [0.25, 0.3) is 0 Å². The van der Waals surface area contributed by atoms with E-state index in [4.69, 9.17) is 4.74 Å². The number of aryl methyl sites for hydroxylation is 1. The summed E-state index contributed by atoms with van der Waals surface area (Å²) in [6, 6.07) is 5.70. The zero-order valence-corrected chi connectivity index (χ0v) is 15.8. The van der Waals surface area contributed by atoms with Crippen LogP contribution in [0.15, 0.2) is 30.5 Å². The van der Waals surface area contributed by atoms with Crippen molar-refractivity contribution in [3.63, 3.8) is 0 Å². The third-order valence-corrected chi connectivity index (χ3v) is 4.45. The maximum absolute atomic E-state index is 14.1. The Labute approximate surface area is 162 Å². The van der Waals surface area contributed by atoms with Gasteiger partial charge in [-0.3, -0.25) is 14.9 Å². The molecule has 0 atom stereocenters. The summed E-state index contributed by atoms with van der Waals surface area (Å²) < 4.78 is 20.4. The molecule has 1 aromatic heterocycles. The number of halogens is 1. The predicted octanol–water partition coefficient (Wildman–Crippen LogP) is 2.09. The molecule has 1 saturated heterocycles. The Kier molecular flexibility index (Phi) is 6.09. The molecule has 2 aromatic rings. The second-order valence-corrected chi connectivity index (χ2v) is 6.50. The number of amides is 3. The average Bonchev–Trinajstić information content (AvgIpc) is 3.09. The second kappa shape index (κ2) is 8.70. The van der Waals surface area contributed by atoms with Gasteiger partial charge in [-0.15, -0.1) is 0 Å². The molecule has 0 saturated carbocycles. The van der Waals surface area contributed by atoms with Gasteiger partial charge in [-0.2, -0.15) is 5.10 Å². The highest BCUT2D eigenvalue weighted by molar-refractivity contribution is 5.99. The van der Waals surface area contributed by atoms with Gasteiger partial charge < -0.3 is 15.0 Å². The zero-order valence-electron chi connectivity index (χ0n) is 15.8. The first-order valence-electron chi connectivity index (χ1n) is 8.86. The van der Waals surface area contributed by atoms with E-state index in [0.717, 1.165) is 5.56 Å². The van der Waals surface area contributed by atoms with E-state index in [2.05, 4.69) is 20.6 Å². The van der Waals surface area contributed by atoms with E-state index < -0.39 is 11.8 Å². The van der Waals surface area contributed by atoms with Gasteiger partial charge in [0.1, 0.15) is 5.82 Å². The van der Waals surface area contributed by atoms with Gasteiger partial charge in [-0.1, -0.05) is 6.07 Å². The molecule has 0 bridgehead atoms. The molecule has 1 aliphatic heterocycles. The molecule has 2 heterocycles. The normalized spacial score (nSPS) is 14.6. The van der Waals surface area contributed by atoms with Gasteiger partial charge in [0.05, 0.1) is 12.8 Å². The summed E-state index contributed by atoms with van der Waals surface area (Å²) in [5.41, 5.74) is 0.959. The van der Waals surface area contributed by atoms with Crippen LogP contribution in [0.4, 0.5) is 25.5 Å². The molecular formula is C18H23FN6O3. The first-order chi connectivity index (χ1) is 13.4. The number of hydrogen-bond donors (Lipinski definition) is 2. The van der Waals surface area contributed by atoms with Crippen molar-refractivity contribution in [1.29, 1.82) is 0 Å². The Morgan fingerprint density at radius 3 is 2.57 bits per heavy atom. The average molecular weight is 390 g/mol. The van der Waals surface area contributed by atoms with Crippen LogP contribution >= 0.6 is 0 Å². The monoisotopic (exact) mass is 390 g/mol. The summed E-state index contributed by atoms with van der Waals surface area (Å²) in [7, 11) is 3.10. The Morgan fingerprint density at radius 2 is 1.93 bits per heavy atom. The number of nitrogens with one attached hydrogen (secondary N) is 2. The van der Waals surface area contributed by atoms with E-state index in [9.17, 15) is 14.0 Å². The van der Waals surface area contributed by atoms with E-state index in [1.54, 1.807) is 41.0 Å². The molecule has 0 spiro atoms. The Balaban J connectivity index is 1.57. The number of anilines is 2. The van der Waals surface area contributed by atoms with Crippen LogP contribution in [-0.4, -0.2) is 65.0 Å². The van der Waals surface area contributed by atoms with Crippen molar-refractivity contribution in [2.45, 2.75) is 6.54 Å². The number of piperazine rings is 1. The van der Waals surface area contributed by atoms with Crippen LogP contribution in [0.25, 0.3) is 0 Å². The molecule has 2 N–H and O–H groups in total. The smallest absolute Gasteiger partial charge is 0.409 e. The molecule has 1 fully saturated rings. The minimum atomic E-state index is -0.568. The minimum Gasteiger partial charge on any atom is -0.453 e. The molecule has 28 heavy (non-hydrogen) atoms. The summed E-state index contributed by atoms with van der Waals surface area (Å²) in [5.74, 6) is -0.143. The number of urea groups is 1. The number of carbonyl (C=O) groups is 2. The maximum atomic E-state index is 14.1. The first kappa shape index (κ1) is 19.6. The topological polar surface area (TPSA) is 91.7 Å². The fourth-order valence-corrected chi connectivity index (χ4v) is 2.99. The lowest BCUT2D eigenvalue weighted by Gasteiger charge is -2.33. The van der Waals surface area contributed by atoms with Crippen LogP contribution < -0.4 is 10.6 Å². The molecule has 0 radical (unpaired) electrons. The van der Waals surface area contributed by atoms with Gasteiger partial charge >= 0.3 is 12.1 Å². The van der Waals surface area contributed by atoms with Crippen LogP contribution in [0.2, 0.25) is 0 Å². The van der Waals surface area contributed by atoms with Crippen molar-refractivity contribution < 1.29 is 18.7 Å². The molecule has 9 nitrogen and oxygen atoms in total. The van der Waals surface area contributed by atoms with Gasteiger partial charge in [0.15, 0.2) is 5.82 Å². The molecule has 10 heteroatoms. The lowest BCUT2D eigenvalue weighted by atomic mass is 10.1. The third kappa shape index (κ3) is 4.97. The zero-order chi connectivity index (χ0) is 20.1. The molecule has 1 aliphatic rings. The molecule has 3 rings (SSSR count). The number of hydrogen-bond acceptors (Lipinski definition) is 5. The molecule has 3 amide bonds. The Hall–Kier alpha value is -3.14. The molecule has 0 unspecified atom stereocenters.